The van der Waals surface area contributed by atoms with Crippen LogP contribution in [-0.4, -0.2) is 40.5 Å². The lowest BCUT2D eigenvalue weighted by atomic mass is 10.2. The highest BCUT2D eigenvalue weighted by Crippen LogP contribution is 2.14. The molecule has 0 aliphatic heterocycles. The van der Waals surface area contributed by atoms with Gasteiger partial charge in [-0.2, -0.15) is 5.10 Å². The molecule has 0 aliphatic rings. The zero-order chi connectivity index (χ0) is 19.9. The summed E-state index contributed by atoms with van der Waals surface area (Å²) in [5.41, 5.74) is 1.04. The number of hydrogen-bond donors (Lipinski definition) is 4. The van der Waals surface area contributed by atoms with E-state index in [0.717, 1.165) is 5.52 Å². The van der Waals surface area contributed by atoms with Crippen molar-refractivity contribution < 1.29 is 18.8 Å². The third-order valence-electron chi connectivity index (χ3n) is 4.11. The van der Waals surface area contributed by atoms with Gasteiger partial charge in [-0.15, -0.1) is 0 Å². The second-order valence-electron chi connectivity index (χ2n) is 6.21. The van der Waals surface area contributed by atoms with Crippen molar-refractivity contribution in [1.82, 2.24) is 26.1 Å². The van der Waals surface area contributed by atoms with E-state index in [0.29, 0.717) is 11.1 Å². The second-order valence-corrected chi connectivity index (χ2v) is 6.21. The lowest BCUT2D eigenvalue weighted by molar-refractivity contribution is -0.128. The number of rotatable bonds is 8. The van der Waals surface area contributed by atoms with E-state index in [1.165, 1.54) is 6.26 Å². The summed E-state index contributed by atoms with van der Waals surface area (Å²) in [6.45, 7) is 1.97. The summed E-state index contributed by atoms with van der Waals surface area (Å²) >= 11 is 0. The molecule has 0 bridgehead atoms. The number of benzene rings is 1. The Hall–Kier alpha value is -3.62. The predicted molar refractivity (Wildman–Crippen MR) is 101 cm³/mol. The molecule has 28 heavy (non-hydrogen) atoms. The first-order valence-electron chi connectivity index (χ1n) is 8.85. The number of nitrogens with zero attached hydrogens (tertiary/aromatic N) is 1. The molecule has 2 aromatic heterocycles. The van der Waals surface area contributed by atoms with E-state index in [2.05, 4.69) is 26.1 Å². The summed E-state index contributed by atoms with van der Waals surface area (Å²) in [6, 6.07) is 10.1. The van der Waals surface area contributed by atoms with Crippen molar-refractivity contribution in [3.05, 3.63) is 54.1 Å². The smallest absolute Gasteiger partial charge is 0.272 e. The fourth-order valence-corrected chi connectivity index (χ4v) is 2.63. The van der Waals surface area contributed by atoms with Gasteiger partial charge in [0.15, 0.2) is 5.69 Å². The van der Waals surface area contributed by atoms with Crippen molar-refractivity contribution >= 4 is 28.6 Å². The maximum atomic E-state index is 12.2. The number of H-pyrrole nitrogens is 1. The van der Waals surface area contributed by atoms with Crippen molar-refractivity contribution in [2.45, 2.75) is 25.9 Å². The zero-order valence-corrected chi connectivity index (χ0v) is 15.3. The summed E-state index contributed by atoms with van der Waals surface area (Å²) < 4.78 is 5.13. The Labute approximate surface area is 160 Å². The highest BCUT2D eigenvalue weighted by Gasteiger charge is 2.17. The van der Waals surface area contributed by atoms with E-state index in [4.69, 9.17) is 4.42 Å². The van der Waals surface area contributed by atoms with Crippen molar-refractivity contribution in [3.63, 3.8) is 0 Å². The Bertz CT molecular complexity index is 964. The van der Waals surface area contributed by atoms with Crippen molar-refractivity contribution in [2.24, 2.45) is 0 Å². The van der Waals surface area contributed by atoms with Crippen molar-refractivity contribution in [1.29, 1.82) is 0 Å². The predicted octanol–water partition coefficient (Wildman–Crippen LogP) is 1.10. The normalized spacial score (nSPS) is 11.8. The molecule has 1 aromatic carbocycles. The molecule has 9 nitrogen and oxygen atoms in total. The van der Waals surface area contributed by atoms with Gasteiger partial charge < -0.3 is 20.4 Å². The molecule has 9 heteroatoms. The molecule has 3 aromatic rings. The molecule has 1 atom stereocenters. The number of fused-ring (bicyclic) bond motifs is 1. The van der Waals surface area contributed by atoms with Gasteiger partial charge >= 0.3 is 0 Å². The van der Waals surface area contributed by atoms with Crippen LogP contribution >= 0.6 is 0 Å². The SMILES string of the molecule is CC(NC(=O)CCNC(=O)c1n[nH]c2ccccc12)C(=O)NCc1ccco1. The first kappa shape index (κ1) is 19.2. The van der Waals surface area contributed by atoms with Crippen LogP contribution in [0, 0.1) is 0 Å². The number of aromatic amines is 1. The van der Waals surface area contributed by atoms with Gasteiger partial charge in [-0.25, -0.2) is 0 Å². The number of furan rings is 1. The molecule has 3 rings (SSSR count). The number of carbonyl (C=O) groups excluding carboxylic acids is 3. The van der Waals surface area contributed by atoms with E-state index < -0.39 is 6.04 Å². The number of amides is 3. The Balaban J connectivity index is 1.40. The molecular weight excluding hydrogens is 362 g/mol. The fraction of sp³-hybridized carbons (Fsp3) is 0.263. The quantitative estimate of drug-likeness (QED) is 0.463. The van der Waals surface area contributed by atoms with Crippen LogP contribution in [0.25, 0.3) is 10.9 Å². The average molecular weight is 383 g/mol. The minimum absolute atomic E-state index is 0.0455. The lowest BCUT2D eigenvalue weighted by Crippen LogP contribution is -2.45. The minimum Gasteiger partial charge on any atom is -0.467 e. The van der Waals surface area contributed by atoms with Gasteiger partial charge in [-0.05, 0) is 25.1 Å². The van der Waals surface area contributed by atoms with Gasteiger partial charge in [0, 0.05) is 18.4 Å². The molecule has 0 spiro atoms. The third-order valence-corrected chi connectivity index (χ3v) is 4.11. The molecule has 0 aliphatic carbocycles. The van der Waals surface area contributed by atoms with E-state index in [-0.39, 0.29) is 42.9 Å². The summed E-state index contributed by atoms with van der Waals surface area (Å²) in [4.78, 5) is 36.2. The largest absolute Gasteiger partial charge is 0.467 e. The monoisotopic (exact) mass is 383 g/mol. The number of carbonyl (C=O) groups is 3. The number of aromatic nitrogens is 2. The molecule has 0 fully saturated rings. The summed E-state index contributed by atoms with van der Waals surface area (Å²) in [5.74, 6) is -0.403. The summed E-state index contributed by atoms with van der Waals surface area (Å²) in [7, 11) is 0. The molecule has 146 valence electrons. The van der Waals surface area contributed by atoms with Gasteiger partial charge in [0.05, 0.1) is 18.3 Å². The standard InChI is InChI=1S/C19H21N5O4/c1-12(18(26)21-11-13-5-4-10-28-13)22-16(25)8-9-20-19(27)17-14-6-2-3-7-15(14)23-24-17/h2-7,10,12H,8-9,11H2,1H3,(H,20,27)(H,21,26)(H,22,25)(H,23,24). The Morgan fingerprint density at radius 3 is 2.75 bits per heavy atom. The number of nitrogens with one attached hydrogen (secondary N) is 4. The molecule has 1 unspecified atom stereocenters. The highest BCUT2D eigenvalue weighted by atomic mass is 16.3. The first-order valence-corrected chi connectivity index (χ1v) is 8.85. The molecule has 4 N–H and O–H groups in total. The zero-order valence-electron chi connectivity index (χ0n) is 15.3. The van der Waals surface area contributed by atoms with Gasteiger partial charge in [0.1, 0.15) is 11.8 Å². The van der Waals surface area contributed by atoms with E-state index in [1.54, 1.807) is 25.1 Å². The Kier molecular flexibility index (Phi) is 6.05. The van der Waals surface area contributed by atoms with Crippen LogP contribution in [0.5, 0.6) is 0 Å². The van der Waals surface area contributed by atoms with Crippen molar-refractivity contribution in [3.8, 4) is 0 Å². The molecule has 0 saturated carbocycles. The third kappa shape index (κ3) is 4.76. The topological polar surface area (TPSA) is 129 Å². The second kappa shape index (κ2) is 8.85. The molecule has 0 radical (unpaired) electrons. The van der Waals surface area contributed by atoms with Crippen LogP contribution in [0.2, 0.25) is 0 Å². The summed E-state index contributed by atoms with van der Waals surface area (Å²) in [6.07, 6.45) is 1.57. The maximum Gasteiger partial charge on any atom is 0.272 e. The average Bonchev–Trinajstić information content (AvgIpc) is 3.35. The maximum absolute atomic E-state index is 12.2. The minimum atomic E-state index is -0.701. The van der Waals surface area contributed by atoms with Gasteiger partial charge in [0.25, 0.3) is 5.91 Å². The van der Waals surface area contributed by atoms with Crippen LogP contribution in [0.15, 0.2) is 47.1 Å². The van der Waals surface area contributed by atoms with Crippen molar-refractivity contribution in [2.75, 3.05) is 6.54 Å². The van der Waals surface area contributed by atoms with E-state index in [9.17, 15) is 14.4 Å². The number of para-hydroxylation sites is 1. The number of hydrogen-bond acceptors (Lipinski definition) is 5. The van der Waals surface area contributed by atoms with E-state index >= 15 is 0 Å². The van der Waals surface area contributed by atoms with Crippen LogP contribution in [0.4, 0.5) is 0 Å². The van der Waals surface area contributed by atoms with Crippen LogP contribution in [0.3, 0.4) is 0 Å². The Morgan fingerprint density at radius 2 is 1.96 bits per heavy atom. The van der Waals surface area contributed by atoms with Crippen LogP contribution < -0.4 is 16.0 Å². The van der Waals surface area contributed by atoms with E-state index in [1.807, 2.05) is 18.2 Å². The summed E-state index contributed by atoms with van der Waals surface area (Å²) in [5, 5.41) is 15.4. The molecular formula is C19H21N5O4. The molecule has 2 heterocycles. The van der Waals surface area contributed by atoms with Crippen LogP contribution in [-0.2, 0) is 16.1 Å². The van der Waals surface area contributed by atoms with Gasteiger partial charge in [0.2, 0.25) is 11.8 Å². The van der Waals surface area contributed by atoms with Crippen LogP contribution in [0.1, 0.15) is 29.6 Å². The van der Waals surface area contributed by atoms with Gasteiger partial charge in [-0.1, -0.05) is 18.2 Å². The lowest BCUT2D eigenvalue weighted by Gasteiger charge is -2.13. The molecule has 3 amide bonds. The molecule has 0 saturated heterocycles. The first-order chi connectivity index (χ1) is 13.5. The Morgan fingerprint density at radius 1 is 1.14 bits per heavy atom. The fourth-order valence-electron chi connectivity index (χ4n) is 2.63. The highest BCUT2D eigenvalue weighted by molar-refractivity contribution is 6.04. The van der Waals surface area contributed by atoms with Gasteiger partial charge in [-0.3, -0.25) is 19.5 Å².